The van der Waals surface area contributed by atoms with Crippen molar-refractivity contribution in [2.24, 2.45) is 0 Å². The minimum absolute atomic E-state index is 0.129. The Kier molecular flexibility index (Phi) is 10.1. The summed E-state index contributed by atoms with van der Waals surface area (Å²) in [5.74, 6) is -0.744. The molecular formula is C35H31N7O9. The van der Waals surface area contributed by atoms with Gasteiger partial charge < -0.3 is 24.2 Å². The predicted molar refractivity (Wildman–Crippen MR) is 180 cm³/mol. The molecule has 16 heteroatoms. The third-order valence-electron chi connectivity index (χ3n) is 7.71. The lowest BCUT2D eigenvalue weighted by Crippen LogP contribution is -2.18. The van der Waals surface area contributed by atoms with E-state index in [1.807, 2.05) is 55.5 Å². The highest BCUT2D eigenvalue weighted by Crippen LogP contribution is 2.31. The van der Waals surface area contributed by atoms with E-state index in [0.717, 1.165) is 21.5 Å². The molecule has 0 spiro atoms. The molecule has 51 heavy (non-hydrogen) atoms. The molecule has 0 saturated carbocycles. The Balaban J connectivity index is 1.14. The SMILES string of the molecule is CCOc1nc2cccc(C(=O)O)c2n1Cc1ccc(-c2ccccc2-c2nnn(C(C)OC(=O)OCc3cccc(CO[N+](=O)[O-])c3)n2)cc1. The number of hydrogen-bond donors (Lipinski definition) is 1. The standard InChI is InChI=1S/C35H31N7O9/c1-3-48-34-36-30-13-7-12-29(33(43)44)31(30)40(34)19-23-14-16-26(17-15-23)27-10-4-5-11-28(27)32-37-39-41(38-32)22(2)51-35(45)49-20-24-8-6-9-25(18-24)21-50-42(46)47/h4-18,22H,3,19-21H2,1-2H3,(H,43,44). The first-order valence-corrected chi connectivity index (χ1v) is 15.7. The number of carbonyl (C=O) groups is 2. The lowest BCUT2D eigenvalue weighted by molar-refractivity contribution is -0.763. The van der Waals surface area contributed by atoms with Gasteiger partial charge in [0.2, 0.25) is 12.1 Å². The second-order valence-electron chi connectivity index (χ2n) is 11.1. The van der Waals surface area contributed by atoms with Crippen LogP contribution in [0.5, 0.6) is 6.01 Å². The summed E-state index contributed by atoms with van der Waals surface area (Å²) in [5.41, 5.74) is 5.58. The van der Waals surface area contributed by atoms with Gasteiger partial charge in [-0.1, -0.05) is 78.9 Å². The van der Waals surface area contributed by atoms with Crippen LogP contribution in [0.25, 0.3) is 33.5 Å². The van der Waals surface area contributed by atoms with Crippen molar-refractivity contribution in [2.75, 3.05) is 6.61 Å². The topological polar surface area (TPSA) is 196 Å². The van der Waals surface area contributed by atoms with Crippen molar-refractivity contribution in [3.8, 4) is 28.5 Å². The van der Waals surface area contributed by atoms with E-state index in [-0.39, 0.29) is 18.8 Å². The predicted octanol–water partition coefficient (Wildman–Crippen LogP) is 6.08. The third kappa shape index (κ3) is 7.91. The van der Waals surface area contributed by atoms with Gasteiger partial charge in [0.25, 0.3) is 11.1 Å². The Bertz CT molecular complexity index is 2200. The molecule has 16 nitrogen and oxygen atoms in total. The lowest BCUT2D eigenvalue weighted by atomic mass is 9.98. The van der Waals surface area contributed by atoms with Crippen molar-refractivity contribution >= 4 is 23.2 Å². The van der Waals surface area contributed by atoms with E-state index in [0.29, 0.717) is 52.7 Å². The molecule has 0 amide bonds. The van der Waals surface area contributed by atoms with Gasteiger partial charge in [-0.15, -0.1) is 25.1 Å². The fraction of sp³-hybridized carbons (Fsp3) is 0.200. The number of hydrogen-bond acceptors (Lipinski definition) is 12. The number of para-hydroxylation sites is 1. The molecule has 0 aliphatic heterocycles. The smallest absolute Gasteiger partial charge is 0.478 e. The molecule has 1 N–H and O–H groups in total. The van der Waals surface area contributed by atoms with Crippen LogP contribution in [0, 0.1) is 10.1 Å². The van der Waals surface area contributed by atoms with E-state index in [9.17, 15) is 24.8 Å². The van der Waals surface area contributed by atoms with Crippen LogP contribution in [0.2, 0.25) is 0 Å². The number of carboxylic acid groups (broad SMARTS) is 1. The van der Waals surface area contributed by atoms with Gasteiger partial charge in [-0.2, -0.15) is 4.98 Å². The average Bonchev–Trinajstić information content (AvgIpc) is 3.76. The number of carbonyl (C=O) groups excluding carboxylic acids is 1. The second kappa shape index (κ2) is 15.1. The Morgan fingerprint density at radius 2 is 1.65 bits per heavy atom. The van der Waals surface area contributed by atoms with Crippen molar-refractivity contribution in [3.05, 3.63) is 123 Å². The van der Waals surface area contributed by atoms with Gasteiger partial charge in [-0.25, -0.2) is 9.59 Å². The van der Waals surface area contributed by atoms with Crippen molar-refractivity contribution in [1.29, 1.82) is 0 Å². The highest BCUT2D eigenvalue weighted by atomic mass is 16.9. The number of tetrazole rings is 1. The molecule has 1 atom stereocenters. The first kappa shape index (κ1) is 34.0. The average molecular weight is 694 g/mol. The Hall–Kier alpha value is -6.84. The summed E-state index contributed by atoms with van der Waals surface area (Å²) in [7, 11) is 0. The van der Waals surface area contributed by atoms with E-state index in [4.69, 9.17) is 14.2 Å². The zero-order valence-corrected chi connectivity index (χ0v) is 27.4. The lowest BCUT2D eigenvalue weighted by Gasteiger charge is -2.12. The van der Waals surface area contributed by atoms with Crippen LogP contribution in [0.4, 0.5) is 4.79 Å². The minimum Gasteiger partial charge on any atom is -0.478 e. The number of fused-ring (bicyclic) bond motifs is 1. The highest BCUT2D eigenvalue weighted by Gasteiger charge is 2.21. The van der Waals surface area contributed by atoms with E-state index in [2.05, 4.69) is 25.2 Å². The zero-order chi connectivity index (χ0) is 35.9. The van der Waals surface area contributed by atoms with Gasteiger partial charge in [0.1, 0.15) is 13.2 Å². The maximum absolute atomic E-state index is 12.4. The van der Waals surface area contributed by atoms with Crippen LogP contribution in [-0.2, 0) is 34.1 Å². The molecule has 2 aromatic heterocycles. The Labute approximate surface area is 289 Å². The largest absolute Gasteiger partial charge is 0.510 e. The molecule has 0 bridgehead atoms. The normalized spacial score (nSPS) is 11.6. The summed E-state index contributed by atoms with van der Waals surface area (Å²) in [6, 6.07) is 27.2. The number of benzene rings is 4. The second-order valence-corrected chi connectivity index (χ2v) is 11.1. The van der Waals surface area contributed by atoms with E-state index in [1.165, 1.54) is 0 Å². The van der Waals surface area contributed by atoms with Crippen LogP contribution < -0.4 is 4.74 Å². The van der Waals surface area contributed by atoms with Crippen molar-refractivity contribution in [3.63, 3.8) is 0 Å². The summed E-state index contributed by atoms with van der Waals surface area (Å²) < 4.78 is 18.1. The van der Waals surface area contributed by atoms with Gasteiger partial charge in [0.15, 0.2) is 0 Å². The van der Waals surface area contributed by atoms with Gasteiger partial charge in [-0.05, 0) is 59.0 Å². The van der Waals surface area contributed by atoms with Crippen LogP contribution in [0.3, 0.4) is 0 Å². The fourth-order valence-corrected chi connectivity index (χ4v) is 5.41. The van der Waals surface area contributed by atoms with Gasteiger partial charge in [-0.3, -0.25) is 4.57 Å². The summed E-state index contributed by atoms with van der Waals surface area (Å²) in [5, 5.41) is 32.1. The fourth-order valence-electron chi connectivity index (χ4n) is 5.41. The highest BCUT2D eigenvalue weighted by molar-refractivity contribution is 6.01. The number of ether oxygens (including phenoxy) is 3. The van der Waals surface area contributed by atoms with E-state index < -0.39 is 23.4 Å². The number of imidazole rings is 1. The van der Waals surface area contributed by atoms with Crippen LogP contribution in [0.15, 0.2) is 91.0 Å². The number of carboxylic acids is 1. The molecule has 4 aromatic carbocycles. The number of aromatic carboxylic acids is 1. The maximum Gasteiger partial charge on any atom is 0.510 e. The van der Waals surface area contributed by atoms with Crippen LogP contribution >= 0.6 is 0 Å². The van der Waals surface area contributed by atoms with E-state index >= 15 is 0 Å². The van der Waals surface area contributed by atoms with Crippen molar-refractivity contribution in [1.82, 2.24) is 29.8 Å². The number of aromatic nitrogens is 6. The minimum atomic E-state index is -1.05. The van der Waals surface area contributed by atoms with Crippen molar-refractivity contribution < 1.29 is 38.8 Å². The summed E-state index contributed by atoms with van der Waals surface area (Å²) in [6.45, 7) is 3.75. The maximum atomic E-state index is 12.4. The Morgan fingerprint density at radius 3 is 2.37 bits per heavy atom. The third-order valence-corrected chi connectivity index (χ3v) is 7.71. The van der Waals surface area contributed by atoms with Crippen LogP contribution in [-0.4, -0.2) is 58.7 Å². The molecule has 2 heterocycles. The number of rotatable bonds is 14. The van der Waals surface area contributed by atoms with Gasteiger partial charge >= 0.3 is 12.1 Å². The zero-order valence-electron chi connectivity index (χ0n) is 27.4. The van der Waals surface area contributed by atoms with Gasteiger partial charge in [0.05, 0.1) is 29.7 Å². The summed E-state index contributed by atoms with van der Waals surface area (Å²) in [6.07, 6.45) is -1.92. The monoisotopic (exact) mass is 693 g/mol. The summed E-state index contributed by atoms with van der Waals surface area (Å²) >= 11 is 0. The van der Waals surface area contributed by atoms with Gasteiger partial charge in [0, 0.05) is 5.56 Å². The molecule has 0 radical (unpaired) electrons. The molecule has 6 rings (SSSR count). The molecule has 260 valence electrons. The molecule has 0 fully saturated rings. The van der Waals surface area contributed by atoms with E-state index in [1.54, 1.807) is 54.0 Å². The first-order chi connectivity index (χ1) is 24.7. The van der Waals surface area contributed by atoms with Crippen LogP contribution in [0.1, 0.15) is 47.1 Å². The molecule has 1 unspecified atom stereocenters. The molecule has 0 aliphatic rings. The Morgan fingerprint density at radius 1 is 0.922 bits per heavy atom. The first-order valence-electron chi connectivity index (χ1n) is 15.7. The molecule has 0 saturated heterocycles. The molecule has 0 aliphatic carbocycles. The molecular weight excluding hydrogens is 662 g/mol. The van der Waals surface area contributed by atoms with Crippen molar-refractivity contribution in [2.45, 2.75) is 39.8 Å². The quantitative estimate of drug-likeness (QED) is 0.0783. The number of nitrogens with zero attached hydrogens (tertiary/aromatic N) is 7. The molecule has 6 aromatic rings. The summed E-state index contributed by atoms with van der Waals surface area (Å²) in [4.78, 5) is 44.9.